The highest BCUT2D eigenvalue weighted by Gasteiger charge is 2.21. The summed E-state index contributed by atoms with van der Waals surface area (Å²) in [5.41, 5.74) is 0.289. The molecule has 5 nitrogen and oxygen atoms in total. The molecule has 0 saturated heterocycles. The van der Waals surface area contributed by atoms with Crippen molar-refractivity contribution in [1.82, 2.24) is 0 Å². The van der Waals surface area contributed by atoms with E-state index in [1.807, 2.05) is 0 Å². The van der Waals surface area contributed by atoms with E-state index >= 15 is 0 Å². The van der Waals surface area contributed by atoms with E-state index in [2.05, 4.69) is 0 Å². The Morgan fingerprint density at radius 2 is 1.74 bits per heavy atom. The molecule has 122 valence electrons. The van der Waals surface area contributed by atoms with Crippen LogP contribution in [0.4, 0.5) is 0 Å². The first kappa shape index (κ1) is 17.6. The van der Waals surface area contributed by atoms with Crippen molar-refractivity contribution in [1.29, 1.82) is 0 Å². The molecular weight excluding hydrogens is 363 g/mol. The van der Waals surface area contributed by atoms with E-state index in [0.29, 0.717) is 0 Å². The lowest BCUT2D eigenvalue weighted by Gasteiger charge is -2.09. The third-order valence-corrected chi connectivity index (χ3v) is 4.70. The van der Waals surface area contributed by atoms with Crippen molar-refractivity contribution in [3.05, 3.63) is 58.1 Å². The average molecular weight is 375 g/mol. The zero-order valence-electron chi connectivity index (χ0n) is 12.0. The number of ether oxygens (including phenoxy) is 1. The van der Waals surface area contributed by atoms with Crippen molar-refractivity contribution < 1.29 is 22.1 Å². The molecular formula is C15H12Cl2O5S. The van der Waals surface area contributed by atoms with E-state index in [1.54, 1.807) is 6.92 Å². The van der Waals surface area contributed by atoms with Crippen molar-refractivity contribution in [3.63, 3.8) is 0 Å². The topological polar surface area (TPSA) is 69.7 Å². The van der Waals surface area contributed by atoms with Crippen molar-refractivity contribution in [2.24, 2.45) is 0 Å². The van der Waals surface area contributed by atoms with Crippen LogP contribution < -0.4 is 4.18 Å². The van der Waals surface area contributed by atoms with Gasteiger partial charge in [0.25, 0.3) is 0 Å². The molecule has 0 bridgehead atoms. The number of carbonyl (C=O) groups is 1. The van der Waals surface area contributed by atoms with Crippen molar-refractivity contribution >= 4 is 39.3 Å². The molecule has 0 N–H and O–H groups in total. The van der Waals surface area contributed by atoms with Crippen LogP contribution in [0.25, 0.3) is 0 Å². The Morgan fingerprint density at radius 3 is 2.35 bits per heavy atom. The van der Waals surface area contributed by atoms with Crippen molar-refractivity contribution in [2.45, 2.75) is 11.8 Å². The van der Waals surface area contributed by atoms with Gasteiger partial charge >= 0.3 is 16.1 Å². The minimum atomic E-state index is -4.14. The summed E-state index contributed by atoms with van der Waals surface area (Å²) in [6, 6.07) is 9.54. The van der Waals surface area contributed by atoms with Gasteiger partial charge in [0, 0.05) is 5.02 Å². The largest absolute Gasteiger partial charge is 0.462 e. The second-order valence-electron chi connectivity index (χ2n) is 4.36. The minimum Gasteiger partial charge on any atom is -0.462 e. The molecule has 0 aliphatic rings. The van der Waals surface area contributed by atoms with Gasteiger partial charge in [-0.3, -0.25) is 0 Å². The van der Waals surface area contributed by atoms with Crippen LogP contribution in [0.1, 0.15) is 17.3 Å². The number of halogens is 2. The Labute approximate surface area is 143 Å². The standard InChI is InChI=1S/C15H12Cl2O5S/c1-2-21-15(18)10-3-6-12(7-4-10)22-23(19,20)14-9-11(16)5-8-13(14)17/h3-9H,2H2,1H3. The Kier molecular flexibility index (Phi) is 5.51. The molecule has 0 aromatic heterocycles. The summed E-state index contributed by atoms with van der Waals surface area (Å²) in [5, 5.41) is 0.215. The number of hydrogen-bond acceptors (Lipinski definition) is 5. The summed E-state index contributed by atoms with van der Waals surface area (Å²) in [6.07, 6.45) is 0. The Morgan fingerprint density at radius 1 is 1.09 bits per heavy atom. The van der Waals surface area contributed by atoms with Crippen LogP contribution in [-0.4, -0.2) is 21.0 Å². The first-order chi connectivity index (χ1) is 10.8. The summed E-state index contributed by atoms with van der Waals surface area (Å²) in [6.45, 7) is 1.94. The van der Waals surface area contributed by atoms with Gasteiger partial charge in [-0.2, -0.15) is 8.42 Å². The normalized spacial score (nSPS) is 11.1. The summed E-state index contributed by atoms with van der Waals surface area (Å²) in [4.78, 5) is 11.3. The quantitative estimate of drug-likeness (QED) is 0.585. The highest BCUT2D eigenvalue weighted by atomic mass is 35.5. The fourth-order valence-electron chi connectivity index (χ4n) is 1.70. The number of hydrogen-bond donors (Lipinski definition) is 0. The first-order valence-electron chi connectivity index (χ1n) is 6.50. The van der Waals surface area contributed by atoms with Gasteiger partial charge in [0.1, 0.15) is 10.6 Å². The summed E-state index contributed by atoms with van der Waals surface area (Å²) in [7, 11) is -4.14. The van der Waals surface area contributed by atoms with E-state index < -0.39 is 16.1 Å². The van der Waals surface area contributed by atoms with Gasteiger partial charge in [0.15, 0.2) is 0 Å². The molecule has 2 rings (SSSR count). The maximum Gasteiger partial charge on any atom is 0.340 e. The first-order valence-corrected chi connectivity index (χ1v) is 8.66. The van der Waals surface area contributed by atoms with Crippen LogP contribution in [0.3, 0.4) is 0 Å². The maximum absolute atomic E-state index is 12.2. The second-order valence-corrected chi connectivity index (χ2v) is 6.72. The van der Waals surface area contributed by atoms with Crippen LogP contribution in [-0.2, 0) is 14.9 Å². The minimum absolute atomic E-state index is 0.00227. The van der Waals surface area contributed by atoms with Crippen LogP contribution in [0.15, 0.2) is 47.4 Å². The van der Waals surface area contributed by atoms with Crippen molar-refractivity contribution in [2.75, 3.05) is 6.61 Å². The number of rotatable bonds is 5. The van der Waals surface area contributed by atoms with Gasteiger partial charge < -0.3 is 8.92 Å². The molecule has 23 heavy (non-hydrogen) atoms. The Bertz CT molecular complexity index is 816. The molecule has 2 aromatic carbocycles. The SMILES string of the molecule is CCOC(=O)c1ccc(OS(=O)(=O)c2cc(Cl)ccc2Cl)cc1. The molecule has 0 heterocycles. The molecule has 0 radical (unpaired) electrons. The molecule has 0 aliphatic carbocycles. The monoisotopic (exact) mass is 374 g/mol. The summed E-state index contributed by atoms with van der Waals surface area (Å²) in [5.74, 6) is -0.464. The van der Waals surface area contributed by atoms with Gasteiger partial charge in [0.05, 0.1) is 17.2 Å². The number of esters is 1. The van der Waals surface area contributed by atoms with Gasteiger partial charge in [-0.25, -0.2) is 4.79 Å². The summed E-state index contributed by atoms with van der Waals surface area (Å²) >= 11 is 11.7. The molecule has 0 unspecified atom stereocenters. The zero-order valence-corrected chi connectivity index (χ0v) is 14.3. The Hall–Kier alpha value is -1.76. The Balaban J connectivity index is 2.24. The molecule has 0 fully saturated rings. The highest BCUT2D eigenvalue weighted by molar-refractivity contribution is 7.87. The van der Waals surface area contributed by atoms with Gasteiger partial charge in [-0.15, -0.1) is 0 Å². The molecule has 0 spiro atoms. The lowest BCUT2D eigenvalue weighted by atomic mass is 10.2. The fourth-order valence-corrected chi connectivity index (χ4v) is 3.37. The second kappa shape index (κ2) is 7.21. The van der Waals surface area contributed by atoms with E-state index in [-0.39, 0.29) is 32.9 Å². The molecule has 0 atom stereocenters. The molecule has 0 aliphatic heterocycles. The van der Waals surface area contributed by atoms with Crippen LogP contribution in [0.2, 0.25) is 10.0 Å². The van der Waals surface area contributed by atoms with Crippen LogP contribution >= 0.6 is 23.2 Å². The summed E-state index contributed by atoms with van der Waals surface area (Å²) < 4.78 is 34.3. The van der Waals surface area contributed by atoms with E-state index in [9.17, 15) is 13.2 Å². The van der Waals surface area contributed by atoms with E-state index in [1.165, 1.54) is 42.5 Å². The average Bonchev–Trinajstić information content (AvgIpc) is 2.50. The lowest BCUT2D eigenvalue weighted by Crippen LogP contribution is -2.11. The highest BCUT2D eigenvalue weighted by Crippen LogP contribution is 2.27. The molecule has 2 aromatic rings. The van der Waals surface area contributed by atoms with Crippen LogP contribution in [0, 0.1) is 0 Å². The van der Waals surface area contributed by atoms with Gasteiger partial charge in [-0.05, 0) is 49.4 Å². The van der Waals surface area contributed by atoms with Gasteiger partial charge in [-0.1, -0.05) is 23.2 Å². The third kappa shape index (κ3) is 4.37. The zero-order chi connectivity index (χ0) is 17.0. The lowest BCUT2D eigenvalue weighted by molar-refractivity contribution is 0.0526. The number of benzene rings is 2. The number of carbonyl (C=O) groups excluding carboxylic acids is 1. The molecule has 0 amide bonds. The smallest absolute Gasteiger partial charge is 0.340 e. The predicted molar refractivity (Wildman–Crippen MR) is 86.7 cm³/mol. The molecule has 0 saturated carbocycles. The van der Waals surface area contributed by atoms with E-state index in [0.717, 1.165) is 0 Å². The van der Waals surface area contributed by atoms with E-state index in [4.69, 9.17) is 32.1 Å². The predicted octanol–water partition coefficient (Wildman–Crippen LogP) is 3.94. The maximum atomic E-state index is 12.2. The molecule has 8 heteroatoms. The van der Waals surface area contributed by atoms with Gasteiger partial charge in [0.2, 0.25) is 0 Å². The fraction of sp³-hybridized carbons (Fsp3) is 0.133. The van der Waals surface area contributed by atoms with Crippen LogP contribution in [0.5, 0.6) is 5.75 Å². The third-order valence-electron chi connectivity index (χ3n) is 2.73. The van der Waals surface area contributed by atoms with Crippen molar-refractivity contribution in [3.8, 4) is 5.75 Å².